The van der Waals surface area contributed by atoms with Crippen LogP contribution in [-0.2, 0) is 0 Å². The summed E-state index contributed by atoms with van der Waals surface area (Å²) in [5.41, 5.74) is 1.96. The summed E-state index contributed by atoms with van der Waals surface area (Å²) in [6.07, 6.45) is 2.23. The summed E-state index contributed by atoms with van der Waals surface area (Å²) >= 11 is 0. The summed E-state index contributed by atoms with van der Waals surface area (Å²) in [6.45, 7) is 4.07. The number of hydrogen-bond acceptors (Lipinski definition) is 5. The number of hydrogen-bond donors (Lipinski definition) is 1. The molecule has 5 heteroatoms. The zero-order valence-corrected chi connectivity index (χ0v) is 9.16. The standard InChI is InChI=1S/C10H16N4O/c1-7-9(8-3-5-11-6-4-8)13-14-10(12-7)15-2/h8,11H,3-6H2,1-2H3. The molecular formula is C10H16N4O. The Morgan fingerprint density at radius 2 is 2.00 bits per heavy atom. The van der Waals surface area contributed by atoms with Crippen molar-refractivity contribution in [2.45, 2.75) is 25.7 Å². The van der Waals surface area contributed by atoms with Crippen LogP contribution in [0.4, 0.5) is 0 Å². The van der Waals surface area contributed by atoms with Gasteiger partial charge in [0.2, 0.25) is 0 Å². The molecule has 1 aliphatic rings. The van der Waals surface area contributed by atoms with E-state index < -0.39 is 0 Å². The van der Waals surface area contributed by atoms with Gasteiger partial charge in [-0.1, -0.05) is 5.10 Å². The van der Waals surface area contributed by atoms with Gasteiger partial charge in [-0.3, -0.25) is 0 Å². The Bertz CT molecular complexity index is 336. The van der Waals surface area contributed by atoms with Gasteiger partial charge in [-0.05, 0) is 32.9 Å². The van der Waals surface area contributed by atoms with Crippen LogP contribution in [0.15, 0.2) is 0 Å². The van der Waals surface area contributed by atoms with E-state index in [-0.39, 0.29) is 0 Å². The van der Waals surface area contributed by atoms with Crippen LogP contribution in [0, 0.1) is 6.92 Å². The minimum absolute atomic E-state index is 0.352. The van der Waals surface area contributed by atoms with E-state index in [4.69, 9.17) is 4.74 Å². The van der Waals surface area contributed by atoms with Crippen LogP contribution in [0.25, 0.3) is 0 Å². The molecule has 0 aliphatic carbocycles. The highest BCUT2D eigenvalue weighted by atomic mass is 16.5. The van der Waals surface area contributed by atoms with Crippen molar-refractivity contribution in [2.24, 2.45) is 0 Å². The van der Waals surface area contributed by atoms with Crippen molar-refractivity contribution < 1.29 is 4.74 Å². The quantitative estimate of drug-likeness (QED) is 0.773. The zero-order valence-electron chi connectivity index (χ0n) is 9.16. The monoisotopic (exact) mass is 208 g/mol. The SMILES string of the molecule is COc1nnc(C2CCNCC2)c(C)n1. The van der Waals surface area contributed by atoms with Crippen molar-refractivity contribution in [1.82, 2.24) is 20.5 Å². The fourth-order valence-corrected chi connectivity index (χ4v) is 1.95. The second-order valence-electron chi connectivity index (χ2n) is 3.79. The third-order valence-electron chi connectivity index (χ3n) is 2.79. The van der Waals surface area contributed by atoms with E-state index >= 15 is 0 Å². The van der Waals surface area contributed by atoms with Crippen LogP contribution in [0.3, 0.4) is 0 Å². The second kappa shape index (κ2) is 4.53. The fraction of sp³-hybridized carbons (Fsp3) is 0.700. The summed E-state index contributed by atoms with van der Waals surface area (Å²) in [5, 5.41) is 11.5. The smallest absolute Gasteiger partial charge is 0.335 e. The molecule has 0 saturated carbocycles. The van der Waals surface area contributed by atoms with Gasteiger partial charge in [0, 0.05) is 5.92 Å². The van der Waals surface area contributed by atoms with Gasteiger partial charge >= 0.3 is 6.01 Å². The summed E-state index contributed by atoms with van der Waals surface area (Å²) in [5.74, 6) is 0.497. The lowest BCUT2D eigenvalue weighted by atomic mass is 9.93. The Morgan fingerprint density at radius 1 is 1.27 bits per heavy atom. The van der Waals surface area contributed by atoms with Gasteiger partial charge in [0.05, 0.1) is 18.5 Å². The first-order chi connectivity index (χ1) is 7.31. The molecule has 2 rings (SSSR count). The molecule has 0 unspecified atom stereocenters. The van der Waals surface area contributed by atoms with Gasteiger partial charge in [-0.25, -0.2) is 0 Å². The highest BCUT2D eigenvalue weighted by Gasteiger charge is 2.19. The minimum Gasteiger partial charge on any atom is -0.466 e. The van der Waals surface area contributed by atoms with Crippen molar-refractivity contribution in [3.8, 4) is 6.01 Å². The van der Waals surface area contributed by atoms with E-state index in [0.717, 1.165) is 37.3 Å². The highest BCUT2D eigenvalue weighted by molar-refractivity contribution is 5.15. The van der Waals surface area contributed by atoms with E-state index in [0.29, 0.717) is 11.9 Å². The van der Waals surface area contributed by atoms with Crippen LogP contribution in [0.2, 0.25) is 0 Å². The molecule has 5 nitrogen and oxygen atoms in total. The fourth-order valence-electron chi connectivity index (χ4n) is 1.95. The Labute approximate surface area is 89.3 Å². The molecule has 0 spiro atoms. The Kier molecular flexibility index (Phi) is 3.11. The normalized spacial score (nSPS) is 17.7. The van der Waals surface area contributed by atoms with Crippen LogP contribution in [0.1, 0.15) is 30.1 Å². The van der Waals surface area contributed by atoms with Crippen LogP contribution in [-0.4, -0.2) is 35.4 Å². The molecule has 82 valence electrons. The van der Waals surface area contributed by atoms with E-state index in [2.05, 4.69) is 20.5 Å². The van der Waals surface area contributed by atoms with E-state index in [9.17, 15) is 0 Å². The molecule has 0 radical (unpaired) electrons. The first-order valence-electron chi connectivity index (χ1n) is 5.27. The second-order valence-corrected chi connectivity index (χ2v) is 3.79. The maximum Gasteiger partial charge on any atom is 0.335 e. The van der Waals surface area contributed by atoms with Gasteiger partial charge in [-0.15, -0.1) is 5.10 Å². The number of rotatable bonds is 2. The molecule has 0 aromatic carbocycles. The van der Waals surface area contributed by atoms with Crippen molar-refractivity contribution in [3.05, 3.63) is 11.4 Å². The van der Waals surface area contributed by atoms with Gasteiger partial charge in [0.15, 0.2) is 0 Å². The van der Waals surface area contributed by atoms with E-state index in [1.165, 1.54) is 0 Å². The summed E-state index contributed by atoms with van der Waals surface area (Å²) < 4.78 is 4.94. The van der Waals surface area contributed by atoms with Crippen LogP contribution in [0.5, 0.6) is 6.01 Å². The molecule has 1 aliphatic heterocycles. The predicted molar refractivity (Wildman–Crippen MR) is 56.0 cm³/mol. The van der Waals surface area contributed by atoms with Gasteiger partial charge in [0.1, 0.15) is 0 Å². The molecule has 0 atom stereocenters. The third-order valence-corrected chi connectivity index (χ3v) is 2.79. The average molecular weight is 208 g/mol. The first kappa shape index (κ1) is 10.3. The van der Waals surface area contributed by atoms with Crippen molar-refractivity contribution in [2.75, 3.05) is 20.2 Å². The van der Waals surface area contributed by atoms with Crippen LogP contribution >= 0.6 is 0 Å². The maximum atomic E-state index is 4.94. The lowest BCUT2D eigenvalue weighted by molar-refractivity contribution is 0.366. The lowest BCUT2D eigenvalue weighted by Gasteiger charge is -2.22. The number of aromatic nitrogens is 3. The van der Waals surface area contributed by atoms with Crippen molar-refractivity contribution in [3.63, 3.8) is 0 Å². The summed E-state index contributed by atoms with van der Waals surface area (Å²) in [7, 11) is 1.56. The van der Waals surface area contributed by atoms with Gasteiger partial charge in [0.25, 0.3) is 0 Å². The first-order valence-corrected chi connectivity index (χ1v) is 5.27. The Morgan fingerprint density at radius 3 is 2.60 bits per heavy atom. The molecule has 1 fully saturated rings. The number of nitrogens with zero attached hydrogens (tertiary/aromatic N) is 3. The molecule has 15 heavy (non-hydrogen) atoms. The van der Waals surface area contributed by atoms with Gasteiger partial charge in [-0.2, -0.15) is 4.98 Å². The summed E-state index contributed by atoms with van der Waals surface area (Å²) in [6, 6.07) is 0.352. The topological polar surface area (TPSA) is 59.9 Å². The van der Waals surface area contributed by atoms with Crippen LogP contribution < -0.4 is 10.1 Å². The lowest BCUT2D eigenvalue weighted by Crippen LogP contribution is -2.27. The maximum absolute atomic E-state index is 4.94. The molecule has 0 bridgehead atoms. The third kappa shape index (κ3) is 2.23. The zero-order chi connectivity index (χ0) is 10.7. The number of piperidine rings is 1. The predicted octanol–water partition coefficient (Wildman–Crippen LogP) is 0.656. The molecule has 1 saturated heterocycles. The Balaban J connectivity index is 2.19. The van der Waals surface area contributed by atoms with Crippen molar-refractivity contribution in [1.29, 1.82) is 0 Å². The van der Waals surface area contributed by atoms with Gasteiger partial charge < -0.3 is 10.1 Å². The molecule has 1 aromatic rings. The minimum atomic E-state index is 0.352. The number of aryl methyl sites for hydroxylation is 1. The summed E-state index contributed by atoms with van der Waals surface area (Å²) in [4.78, 5) is 4.25. The number of nitrogens with one attached hydrogen (secondary N) is 1. The largest absolute Gasteiger partial charge is 0.466 e. The molecule has 1 N–H and O–H groups in total. The average Bonchev–Trinajstić information content (AvgIpc) is 2.30. The van der Waals surface area contributed by atoms with Crippen molar-refractivity contribution >= 4 is 0 Å². The van der Waals surface area contributed by atoms with E-state index in [1.807, 2.05) is 6.92 Å². The number of ether oxygens (including phenoxy) is 1. The molecule has 2 heterocycles. The van der Waals surface area contributed by atoms with E-state index in [1.54, 1.807) is 7.11 Å². The molecule has 0 amide bonds. The Hall–Kier alpha value is -1.23. The highest BCUT2D eigenvalue weighted by Crippen LogP contribution is 2.25. The molecule has 1 aromatic heterocycles. The molecular weight excluding hydrogens is 192 g/mol. The number of methoxy groups -OCH3 is 1.